The van der Waals surface area contributed by atoms with Gasteiger partial charge in [-0.05, 0) is 36.2 Å². The monoisotopic (exact) mass is 192 g/mol. The van der Waals surface area contributed by atoms with Gasteiger partial charge in [0.2, 0.25) is 0 Å². The van der Waals surface area contributed by atoms with Gasteiger partial charge in [-0.1, -0.05) is 0 Å². The highest BCUT2D eigenvalue weighted by Crippen LogP contribution is 2.44. The van der Waals surface area contributed by atoms with Gasteiger partial charge in [-0.2, -0.15) is 22.3 Å². The van der Waals surface area contributed by atoms with Crippen molar-refractivity contribution in [3.8, 4) is 12.1 Å². The Morgan fingerprint density at radius 3 is 1.77 bits per heavy atom. The van der Waals surface area contributed by atoms with E-state index < -0.39 is 0 Å². The number of fused-ring (bicyclic) bond motifs is 1. The maximum absolute atomic E-state index is 8.90. The third kappa shape index (κ3) is 1.54. The molecule has 0 amide bonds. The normalized spacial score (nSPS) is 43.2. The third-order valence-corrected chi connectivity index (χ3v) is 4.59. The molecule has 0 aromatic heterocycles. The lowest BCUT2D eigenvalue weighted by Crippen LogP contribution is -2.29. The van der Waals surface area contributed by atoms with Crippen molar-refractivity contribution in [2.75, 3.05) is 11.5 Å². The summed E-state index contributed by atoms with van der Waals surface area (Å²) in [6.07, 6.45) is 1.93. The molecule has 0 bridgehead atoms. The van der Waals surface area contributed by atoms with Gasteiger partial charge in [-0.3, -0.25) is 0 Å². The van der Waals surface area contributed by atoms with Crippen LogP contribution in [0.4, 0.5) is 0 Å². The van der Waals surface area contributed by atoms with Gasteiger partial charge in [0.25, 0.3) is 0 Å². The van der Waals surface area contributed by atoms with Gasteiger partial charge >= 0.3 is 0 Å². The van der Waals surface area contributed by atoms with Crippen LogP contribution < -0.4 is 0 Å². The number of hydrogen-bond donors (Lipinski definition) is 0. The van der Waals surface area contributed by atoms with Crippen LogP contribution in [0.25, 0.3) is 0 Å². The van der Waals surface area contributed by atoms with Crippen molar-refractivity contribution < 1.29 is 0 Å². The summed E-state index contributed by atoms with van der Waals surface area (Å²) in [5.74, 6) is 3.87. The van der Waals surface area contributed by atoms with Crippen LogP contribution >= 0.6 is 11.8 Å². The highest BCUT2D eigenvalue weighted by Gasteiger charge is 2.39. The van der Waals surface area contributed by atoms with E-state index in [4.69, 9.17) is 10.5 Å². The molecule has 4 atom stereocenters. The predicted octanol–water partition coefficient (Wildman–Crippen LogP) is 2.04. The topological polar surface area (TPSA) is 47.6 Å². The van der Waals surface area contributed by atoms with Crippen molar-refractivity contribution in [2.24, 2.45) is 23.7 Å². The SMILES string of the molecule is N#CC1CC2CSCC2CC1C#N. The molecule has 0 aromatic carbocycles. The Morgan fingerprint density at radius 2 is 1.38 bits per heavy atom. The lowest BCUT2D eigenvalue weighted by Gasteiger charge is -2.30. The second-order valence-corrected chi connectivity index (χ2v) is 5.08. The maximum atomic E-state index is 8.90. The van der Waals surface area contributed by atoms with E-state index in [1.165, 1.54) is 11.5 Å². The van der Waals surface area contributed by atoms with E-state index in [1.807, 2.05) is 11.8 Å². The van der Waals surface area contributed by atoms with Gasteiger partial charge < -0.3 is 0 Å². The van der Waals surface area contributed by atoms with E-state index in [0.29, 0.717) is 0 Å². The standard InChI is InChI=1S/C10H12N2S/c11-3-7-1-9-5-13-6-10(9)2-8(7)4-12/h7-10H,1-2,5-6H2. The molecule has 0 radical (unpaired) electrons. The van der Waals surface area contributed by atoms with Crippen LogP contribution in [0.2, 0.25) is 0 Å². The molecule has 2 fully saturated rings. The van der Waals surface area contributed by atoms with Gasteiger partial charge in [0.1, 0.15) is 0 Å². The first-order valence-electron chi connectivity index (χ1n) is 4.72. The molecule has 1 saturated carbocycles. The van der Waals surface area contributed by atoms with Gasteiger partial charge in [0, 0.05) is 0 Å². The van der Waals surface area contributed by atoms with Gasteiger partial charge in [0.05, 0.1) is 24.0 Å². The fourth-order valence-electron chi connectivity index (χ4n) is 2.43. The minimum absolute atomic E-state index is 0.00458. The molecule has 13 heavy (non-hydrogen) atoms. The average Bonchev–Trinajstić information content (AvgIpc) is 2.62. The zero-order valence-corrected chi connectivity index (χ0v) is 8.26. The fourth-order valence-corrected chi connectivity index (χ4v) is 3.99. The van der Waals surface area contributed by atoms with Gasteiger partial charge in [-0.15, -0.1) is 0 Å². The first kappa shape index (κ1) is 8.91. The highest BCUT2D eigenvalue weighted by atomic mass is 32.2. The zero-order valence-electron chi connectivity index (χ0n) is 7.44. The molecular formula is C10H12N2S. The first-order chi connectivity index (χ1) is 6.35. The number of nitrogens with zero attached hydrogens (tertiary/aromatic N) is 2. The quantitative estimate of drug-likeness (QED) is 0.590. The molecule has 3 heteroatoms. The third-order valence-electron chi connectivity index (χ3n) is 3.26. The zero-order chi connectivity index (χ0) is 9.26. The van der Waals surface area contributed by atoms with E-state index in [1.54, 1.807) is 0 Å². The summed E-state index contributed by atoms with van der Waals surface area (Å²) in [5, 5.41) is 17.8. The molecule has 2 nitrogen and oxygen atoms in total. The van der Waals surface area contributed by atoms with Gasteiger partial charge in [0.15, 0.2) is 0 Å². The van der Waals surface area contributed by atoms with E-state index >= 15 is 0 Å². The summed E-state index contributed by atoms with van der Waals surface area (Å²) in [6.45, 7) is 0. The highest BCUT2D eigenvalue weighted by molar-refractivity contribution is 7.99. The van der Waals surface area contributed by atoms with Crippen LogP contribution in [-0.4, -0.2) is 11.5 Å². The Labute approximate surface area is 82.9 Å². The Bertz CT molecular complexity index is 248. The number of rotatable bonds is 0. The van der Waals surface area contributed by atoms with Crippen LogP contribution in [0.3, 0.4) is 0 Å². The number of thioether (sulfide) groups is 1. The molecule has 0 spiro atoms. The van der Waals surface area contributed by atoms with Crippen LogP contribution in [0.15, 0.2) is 0 Å². The summed E-state index contributed by atoms with van der Waals surface area (Å²) < 4.78 is 0. The minimum atomic E-state index is 0.00458. The van der Waals surface area contributed by atoms with Crippen molar-refractivity contribution >= 4 is 11.8 Å². The molecule has 1 aliphatic heterocycles. The number of hydrogen-bond acceptors (Lipinski definition) is 3. The second-order valence-electron chi connectivity index (χ2n) is 4.00. The van der Waals surface area contributed by atoms with E-state index in [2.05, 4.69) is 12.1 Å². The molecule has 4 unspecified atom stereocenters. The molecular weight excluding hydrogens is 180 g/mol. The smallest absolute Gasteiger partial charge is 0.0669 e. The lowest BCUT2D eigenvalue weighted by molar-refractivity contribution is 0.216. The van der Waals surface area contributed by atoms with Crippen molar-refractivity contribution in [1.82, 2.24) is 0 Å². The number of nitriles is 2. The van der Waals surface area contributed by atoms with E-state index in [9.17, 15) is 0 Å². The predicted molar refractivity (Wildman–Crippen MR) is 51.7 cm³/mol. The molecule has 68 valence electrons. The van der Waals surface area contributed by atoms with Crippen molar-refractivity contribution in [2.45, 2.75) is 12.8 Å². The summed E-state index contributed by atoms with van der Waals surface area (Å²) in [7, 11) is 0. The van der Waals surface area contributed by atoms with Crippen molar-refractivity contribution in [1.29, 1.82) is 10.5 Å². The maximum Gasteiger partial charge on any atom is 0.0669 e. The second kappa shape index (κ2) is 3.60. The fraction of sp³-hybridized carbons (Fsp3) is 0.800. The largest absolute Gasteiger partial charge is 0.198 e. The Balaban J connectivity index is 2.09. The van der Waals surface area contributed by atoms with E-state index in [-0.39, 0.29) is 11.8 Å². The van der Waals surface area contributed by atoms with Crippen LogP contribution in [0.5, 0.6) is 0 Å². The molecule has 1 saturated heterocycles. The lowest BCUT2D eigenvalue weighted by atomic mass is 9.70. The average molecular weight is 192 g/mol. The summed E-state index contributed by atoms with van der Waals surface area (Å²) in [4.78, 5) is 0. The summed E-state index contributed by atoms with van der Waals surface area (Å²) in [6, 6.07) is 4.57. The van der Waals surface area contributed by atoms with Crippen LogP contribution in [0.1, 0.15) is 12.8 Å². The Morgan fingerprint density at radius 1 is 0.923 bits per heavy atom. The summed E-state index contributed by atoms with van der Waals surface area (Å²) >= 11 is 1.99. The molecule has 0 aromatic rings. The minimum Gasteiger partial charge on any atom is -0.198 e. The Hall–Kier alpha value is -0.670. The van der Waals surface area contributed by atoms with Crippen molar-refractivity contribution in [3.63, 3.8) is 0 Å². The first-order valence-corrected chi connectivity index (χ1v) is 5.87. The van der Waals surface area contributed by atoms with Gasteiger partial charge in [-0.25, -0.2) is 0 Å². The summed E-state index contributed by atoms with van der Waals surface area (Å²) in [5.41, 5.74) is 0. The van der Waals surface area contributed by atoms with Crippen molar-refractivity contribution in [3.05, 3.63) is 0 Å². The molecule has 1 heterocycles. The Kier molecular flexibility index (Phi) is 2.47. The molecule has 2 rings (SSSR count). The van der Waals surface area contributed by atoms with E-state index in [0.717, 1.165) is 24.7 Å². The van der Waals surface area contributed by atoms with Crippen LogP contribution in [-0.2, 0) is 0 Å². The molecule has 2 aliphatic rings. The van der Waals surface area contributed by atoms with Crippen LogP contribution in [0, 0.1) is 46.3 Å². The molecule has 0 N–H and O–H groups in total. The molecule has 1 aliphatic carbocycles.